The van der Waals surface area contributed by atoms with E-state index < -0.39 is 6.03 Å². The second kappa shape index (κ2) is 8.04. The maximum Gasteiger partial charge on any atom is 0.322 e. The van der Waals surface area contributed by atoms with Crippen molar-refractivity contribution in [2.45, 2.75) is 6.92 Å². The second-order valence-electron chi connectivity index (χ2n) is 5.33. The number of rotatable bonds is 4. The van der Waals surface area contributed by atoms with Gasteiger partial charge in [-0.05, 0) is 37.3 Å². The van der Waals surface area contributed by atoms with Gasteiger partial charge >= 0.3 is 6.03 Å². The molecule has 2 N–H and O–H groups in total. The summed E-state index contributed by atoms with van der Waals surface area (Å²) in [4.78, 5) is 25.4. The van der Waals surface area contributed by atoms with Gasteiger partial charge in [-0.2, -0.15) is 0 Å². The van der Waals surface area contributed by atoms with Gasteiger partial charge in [0.25, 0.3) is 0 Å². The Morgan fingerprint density at radius 1 is 0.958 bits per heavy atom. The minimum absolute atomic E-state index is 0.0823. The van der Waals surface area contributed by atoms with E-state index in [-0.39, 0.29) is 12.5 Å². The largest absolute Gasteiger partial charge is 0.325 e. The summed E-state index contributed by atoms with van der Waals surface area (Å²) < 4.78 is 0. The van der Waals surface area contributed by atoms with Crippen LogP contribution in [0.25, 0.3) is 0 Å². The fourth-order valence-corrected chi connectivity index (χ4v) is 2.22. The van der Waals surface area contributed by atoms with Crippen LogP contribution in [0.5, 0.6) is 0 Å². The fraction of sp³-hybridized carbons (Fsp3) is 0.176. The highest BCUT2D eigenvalue weighted by Gasteiger charge is 2.13. The van der Waals surface area contributed by atoms with E-state index in [0.717, 1.165) is 5.56 Å². The van der Waals surface area contributed by atoms with Gasteiger partial charge in [0, 0.05) is 18.4 Å². The molecule has 0 radical (unpaired) electrons. The minimum Gasteiger partial charge on any atom is -0.325 e. The van der Waals surface area contributed by atoms with E-state index in [4.69, 9.17) is 23.2 Å². The Bertz CT molecular complexity index is 748. The van der Waals surface area contributed by atoms with Gasteiger partial charge in [-0.3, -0.25) is 4.79 Å². The standard InChI is InChI=1S/C17H17Cl2N3O2/c1-11-3-5-12(6-4-11)20-16(23)10-22(2)17(24)21-13-7-8-14(18)15(19)9-13/h3-9H,10H2,1-2H3,(H,20,23)(H,21,24). The number of hydrogen-bond donors (Lipinski definition) is 2. The number of aryl methyl sites for hydroxylation is 1. The topological polar surface area (TPSA) is 61.4 Å². The van der Waals surface area contributed by atoms with Crippen molar-refractivity contribution >= 4 is 46.5 Å². The van der Waals surface area contributed by atoms with Crippen molar-refractivity contribution in [3.8, 4) is 0 Å². The van der Waals surface area contributed by atoms with Gasteiger partial charge in [0.05, 0.1) is 10.0 Å². The molecule has 0 spiro atoms. The third-order valence-corrected chi connectivity index (χ3v) is 3.97. The smallest absolute Gasteiger partial charge is 0.322 e. The zero-order valence-electron chi connectivity index (χ0n) is 13.3. The zero-order valence-corrected chi connectivity index (χ0v) is 14.8. The molecule has 0 fully saturated rings. The van der Waals surface area contributed by atoms with Gasteiger partial charge in [-0.15, -0.1) is 0 Å². The first-order valence-corrected chi connectivity index (χ1v) is 7.94. The van der Waals surface area contributed by atoms with Crippen LogP contribution < -0.4 is 10.6 Å². The van der Waals surface area contributed by atoms with Gasteiger partial charge in [0.1, 0.15) is 6.54 Å². The molecule has 0 aliphatic carbocycles. The first-order chi connectivity index (χ1) is 11.3. The summed E-state index contributed by atoms with van der Waals surface area (Å²) >= 11 is 11.7. The third kappa shape index (κ3) is 5.15. The molecule has 0 bridgehead atoms. The first-order valence-electron chi connectivity index (χ1n) is 7.19. The predicted molar refractivity (Wildman–Crippen MR) is 97.9 cm³/mol. The van der Waals surface area contributed by atoms with Crippen LogP contribution in [0.1, 0.15) is 5.56 Å². The number of halogens is 2. The lowest BCUT2D eigenvalue weighted by atomic mass is 10.2. The molecule has 0 saturated carbocycles. The number of nitrogens with one attached hydrogen (secondary N) is 2. The Hall–Kier alpha value is -2.24. The molecule has 0 saturated heterocycles. The molecule has 7 heteroatoms. The van der Waals surface area contributed by atoms with Crippen LogP contribution in [-0.2, 0) is 4.79 Å². The van der Waals surface area contributed by atoms with Crippen LogP contribution >= 0.6 is 23.2 Å². The van der Waals surface area contributed by atoms with Gasteiger partial charge in [-0.1, -0.05) is 40.9 Å². The first kappa shape index (κ1) is 18.1. The van der Waals surface area contributed by atoms with Crippen LogP contribution in [-0.4, -0.2) is 30.4 Å². The van der Waals surface area contributed by atoms with E-state index in [1.165, 1.54) is 11.9 Å². The number of nitrogens with zero attached hydrogens (tertiary/aromatic N) is 1. The number of carbonyl (C=O) groups excluding carboxylic acids is 2. The maximum atomic E-state index is 12.1. The number of hydrogen-bond acceptors (Lipinski definition) is 2. The molecular weight excluding hydrogens is 349 g/mol. The Kier molecular flexibility index (Phi) is 6.06. The van der Waals surface area contributed by atoms with E-state index in [1.54, 1.807) is 18.2 Å². The lowest BCUT2D eigenvalue weighted by molar-refractivity contribution is -0.116. The molecule has 2 aromatic carbocycles. The monoisotopic (exact) mass is 365 g/mol. The van der Waals surface area contributed by atoms with Crippen molar-refractivity contribution in [2.75, 3.05) is 24.2 Å². The van der Waals surface area contributed by atoms with E-state index in [0.29, 0.717) is 21.4 Å². The van der Waals surface area contributed by atoms with Crippen molar-refractivity contribution in [3.05, 3.63) is 58.1 Å². The molecule has 126 valence electrons. The molecular formula is C17H17Cl2N3O2. The Labute approximate surface area is 150 Å². The number of benzene rings is 2. The molecule has 0 aliphatic heterocycles. The summed E-state index contributed by atoms with van der Waals surface area (Å²) in [5.41, 5.74) is 2.29. The summed E-state index contributed by atoms with van der Waals surface area (Å²) in [6, 6.07) is 11.8. The SMILES string of the molecule is Cc1ccc(NC(=O)CN(C)C(=O)Nc2ccc(Cl)c(Cl)c2)cc1. The molecule has 0 atom stereocenters. The highest BCUT2D eigenvalue weighted by molar-refractivity contribution is 6.42. The molecule has 2 rings (SSSR count). The number of urea groups is 1. The second-order valence-corrected chi connectivity index (χ2v) is 6.14. The van der Waals surface area contributed by atoms with Gasteiger partial charge in [0.15, 0.2) is 0 Å². The highest BCUT2D eigenvalue weighted by atomic mass is 35.5. The lowest BCUT2D eigenvalue weighted by Gasteiger charge is -2.18. The van der Waals surface area contributed by atoms with Crippen molar-refractivity contribution in [1.29, 1.82) is 0 Å². The fourth-order valence-electron chi connectivity index (χ4n) is 1.92. The van der Waals surface area contributed by atoms with Crippen LogP contribution in [0.3, 0.4) is 0 Å². The highest BCUT2D eigenvalue weighted by Crippen LogP contribution is 2.25. The van der Waals surface area contributed by atoms with Gasteiger partial charge in [0.2, 0.25) is 5.91 Å². The van der Waals surface area contributed by atoms with Crippen LogP contribution in [0.4, 0.5) is 16.2 Å². The minimum atomic E-state index is -0.424. The molecule has 2 aromatic rings. The molecule has 0 aromatic heterocycles. The van der Waals surface area contributed by atoms with Crippen molar-refractivity contribution < 1.29 is 9.59 Å². The summed E-state index contributed by atoms with van der Waals surface area (Å²) in [5.74, 6) is -0.286. The summed E-state index contributed by atoms with van der Waals surface area (Å²) in [5, 5.41) is 6.13. The normalized spacial score (nSPS) is 10.2. The Balaban J connectivity index is 1.89. The molecule has 0 heterocycles. The van der Waals surface area contributed by atoms with E-state index >= 15 is 0 Å². The molecule has 24 heavy (non-hydrogen) atoms. The number of anilines is 2. The quantitative estimate of drug-likeness (QED) is 0.842. The summed E-state index contributed by atoms with van der Waals surface area (Å²) in [6.45, 7) is 1.88. The Morgan fingerprint density at radius 2 is 1.58 bits per heavy atom. The van der Waals surface area contributed by atoms with Gasteiger partial charge < -0.3 is 15.5 Å². The zero-order chi connectivity index (χ0) is 17.7. The lowest BCUT2D eigenvalue weighted by Crippen LogP contribution is -2.37. The van der Waals surface area contributed by atoms with Crippen molar-refractivity contribution in [2.24, 2.45) is 0 Å². The Morgan fingerprint density at radius 3 is 2.21 bits per heavy atom. The number of likely N-dealkylation sites (N-methyl/N-ethyl adjacent to an activating group) is 1. The van der Waals surface area contributed by atoms with Gasteiger partial charge in [-0.25, -0.2) is 4.79 Å². The average Bonchev–Trinajstić information content (AvgIpc) is 2.53. The van der Waals surface area contributed by atoms with Crippen LogP contribution in [0, 0.1) is 6.92 Å². The average molecular weight is 366 g/mol. The molecule has 5 nitrogen and oxygen atoms in total. The summed E-state index contributed by atoms with van der Waals surface area (Å²) in [7, 11) is 1.53. The van der Waals surface area contributed by atoms with Crippen LogP contribution in [0.2, 0.25) is 10.0 Å². The molecule has 3 amide bonds. The third-order valence-electron chi connectivity index (χ3n) is 3.23. The van der Waals surface area contributed by atoms with Crippen LogP contribution in [0.15, 0.2) is 42.5 Å². The van der Waals surface area contributed by atoms with Crippen molar-refractivity contribution in [3.63, 3.8) is 0 Å². The predicted octanol–water partition coefficient (Wildman–Crippen LogP) is 4.40. The molecule has 0 aliphatic rings. The van der Waals surface area contributed by atoms with E-state index in [2.05, 4.69) is 10.6 Å². The molecule has 0 unspecified atom stereocenters. The van der Waals surface area contributed by atoms with E-state index in [1.807, 2.05) is 31.2 Å². The number of amides is 3. The summed E-state index contributed by atoms with van der Waals surface area (Å²) in [6.07, 6.45) is 0. The van der Waals surface area contributed by atoms with E-state index in [9.17, 15) is 9.59 Å². The van der Waals surface area contributed by atoms with Crippen molar-refractivity contribution in [1.82, 2.24) is 4.90 Å². The maximum absolute atomic E-state index is 12.1. The number of carbonyl (C=O) groups is 2.